The van der Waals surface area contributed by atoms with Crippen molar-refractivity contribution in [3.05, 3.63) is 60.2 Å². The summed E-state index contributed by atoms with van der Waals surface area (Å²) in [5.74, 6) is -0.126. The van der Waals surface area contributed by atoms with Gasteiger partial charge >= 0.3 is 0 Å². The molecule has 98 valence electrons. The van der Waals surface area contributed by atoms with Gasteiger partial charge in [0.1, 0.15) is 10.8 Å². The highest BCUT2D eigenvalue weighted by molar-refractivity contribution is 7.25. The van der Waals surface area contributed by atoms with Gasteiger partial charge in [-0.05, 0) is 6.42 Å². The van der Waals surface area contributed by atoms with Crippen molar-refractivity contribution in [2.24, 2.45) is 5.92 Å². The fourth-order valence-corrected chi connectivity index (χ4v) is 4.55. The largest absolute Gasteiger partial charge is 0.304 e. The lowest BCUT2D eigenvalue weighted by Crippen LogP contribution is -2.49. The van der Waals surface area contributed by atoms with Crippen LogP contribution in [0.3, 0.4) is 0 Å². The summed E-state index contributed by atoms with van der Waals surface area (Å²) in [6, 6.07) is 9.14. The molecule has 1 unspecified atom stereocenters. The van der Waals surface area contributed by atoms with Crippen LogP contribution in [-0.4, -0.2) is 18.9 Å². The van der Waals surface area contributed by atoms with Gasteiger partial charge in [0.15, 0.2) is 0 Å². The van der Waals surface area contributed by atoms with Crippen molar-refractivity contribution in [3.63, 3.8) is 0 Å². The molecule has 0 aliphatic heterocycles. The summed E-state index contributed by atoms with van der Waals surface area (Å²) in [6.07, 6.45) is 8.45. The molecule has 1 aromatic rings. The van der Waals surface area contributed by atoms with Crippen molar-refractivity contribution in [1.82, 2.24) is 0 Å². The van der Waals surface area contributed by atoms with Gasteiger partial charge in [-0.25, -0.2) is 0 Å². The molecule has 0 saturated heterocycles. The SMILES string of the molecule is C[Si](C)(C(=O)c1ccccc1)C(=O)C1C=CC=CC1. The molecule has 0 spiro atoms. The summed E-state index contributed by atoms with van der Waals surface area (Å²) >= 11 is 0. The first kappa shape index (κ1) is 13.7. The summed E-state index contributed by atoms with van der Waals surface area (Å²) < 4.78 is 0. The highest BCUT2D eigenvalue weighted by atomic mass is 28.3. The van der Waals surface area contributed by atoms with Crippen LogP contribution in [0.15, 0.2) is 54.6 Å². The summed E-state index contributed by atoms with van der Waals surface area (Å²) in [4.78, 5) is 25.1. The van der Waals surface area contributed by atoms with Crippen LogP contribution in [0.1, 0.15) is 16.8 Å². The van der Waals surface area contributed by atoms with Crippen molar-refractivity contribution < 1.29 is 9.59 Å². The molecule has 2 rings (SSSR count). The van der Waals surface area contributed by atoms with Crippen LogP contribution in [0.25, 0.3) is 0 Å². The lowest BCUT2D eigenvalue weighted by Gasteiger charge is -2.24. The molecule has 0 radical (unpaired) electrons. The Balaban J connectivity index is 2.22. The Kier molecular flexibility index (Phi) is 3.95. The van der Waals surface area contributed by atoms with E-state index in [0.717, 1.165) is 0 Å². The number of hydrogen-bond acceptors (Lipinski definition) is 2. The maximum Gasteiger partial charge on any atom is 0.209 e. The zero-order valence-corrected chi connectivity index (χ0v) is 12.3. The number of carbonyl (C=O) groups excluding carboxylic acids is 2. The Hall–Kier alpha value is -1.74. The van der Waals surface area contributed by atoms with E-state index in [9.17, 15) is 9.59 Å². The molecule has 3 heteroatoms. The van der Waals surface area contributed by atoms with Crippen LogP contribution >= 0.6 is 0 Å². The van der Waals surface area contributed by atoms with Crippen LogP contribution in [0.5, 0.6) is 0 Å². The van der Waals surface area contributed by atoms with Crippen molar-refractivity contribution in [2.75, 3.05) is 0 Å². The smallest absolute Gasteiger partial charge is 0.209 e. The average Bonchev–Trinajstić information content (AvgIpc) is 2.47. The predicted molar refractivity (Wildman–Crippen MR) is 79.6 cm³/mol. The van der Waals surface area contributed by atoms with Crippen LogP contribution < -0.4 is 0 Å². The second-order valence-corrected chi connectivity index (χ2v) is 9.54. The Labute approximate surface area is 114 Å². The third-order valence-corrected chi connectivity index (χ3v) is 6.56. The third-order valence-electron chi connectivity index (χ3n) is 3.54. The first-order valence-corrected chi connectivity index (χ1v) is 9.51. The van der Waals surface area contributed by atoms with Gasteiger partial charge in [-0.1, -0.05) is 67.7 Å². The van der Waals surface area contributed by atoms with Gasteiger partial charge in [0.05, 0.1) is 0 Å². The molecule has 0 fully saturated rings. The third kappa shape index (κ3) is 2.82. The Morgan fingerprint density at radius 3 is 2.37 bits per heavy atom. The average molecular weight is 270 g/mol. The standard InChI is InChI=1S/C16H18O2Si/c1-19(2,15(17)13-9-5-3-6-10-13)16(18)14-11-7-4-8-12-14/h3-11,14H,12H2,1-2H3. The summed E-state index contributed by atoms with van der Waals surface area (Å²) in [7, 11) is -2.60. The molecule has 0 N–H and O–H groups in total. The molecular weight excluding hydrogens is 252 g/mol. The molecule has 0 aromatic heterocycles. The monoisotopic (exact) mass is 270 g/mol. The Morgan fingerprint density at radius 1 is 1.11 bits per heavy atom. The van der Waals surface area contributed by atoms with Gasteiger partial charge in [0.2, 0.25) is 8.07 Å². The molecule has 19 heavy (non-hydrogen) atoms. The number of allylic oxidation sites excluding steroid dienone is 4. The zero-order valence-electron chi connectivity index (χ0n) is 11.3. The maximum atomic E-state index is 12.6. The lowest BCUT2D eigenvalue weighted by molar-refractivity contribution is -0.114. The number of benzene rings is 1. The summed E-state index contributed by atoms with van der Waals surface area (Å²) in [5.41, 5.74) is 0.655. The van der Waals surface area contributed by atoms with Gasteiger partial charge in [0, 0.05) is 11.5 Å². The van der Waals surface area contributed by atoms with E-state index in [1.807, 2.05) is 55.6 Å². The molecule has 2 nitrogen and oxygen atoms in total. The fraction of sp³-hybridized carbons (Fsp3) is 0.250. The number of hydrogen-bond donors (Lipinski definition) is 0. The summed E-state index contributed by atoms with van der Waals surface area (Å²) in [5, 5.41) is 0.156. The first-order valence-electron chi connectivity index (χ1n) is 6.51. The van der Waals surface area contributed by atoms with Crippen molar-refractivity contribution in [2.45, 2.75) is 19.5 Å². The van der Waals surface area contributed by atoms with Gasteiger partial charge in [-0.2, -0.15) is 0 Å². The van der Waals surface area contributed by atoms with E-state index in [1.54, 1.807) is 12.1 Å². The molecule has 0 saturated carbocycles. The van der Waals surface area contributed by atoms with Crippen molar-refractivity contribution in [3.8, 4) is 0 Å². The topological polar surface area (TPSA) is 34.1 Å². The molecule has 0 amide bonds. The molecule has 0 bridgehead atoms. The minimum absolute atomic E-state index is 0.0288. The van der Waals surface area contributed by atoms with Gasteiger partial charge < -0.3 is 4.79 Å². The number of carbonyl (C=O) groups is 2. The van der Waals surface area contributed by atoms with E-state index in [-0.39, 0.29) is 16.7 Å². The minimum Gasteiger partial charge on any atom is -0.304 e. The second kappa shape index (κ2) is 5.49. The van der Waals surface area contributed by atoms with E-state index < -0.39 is 8.07 Å². The van der Waals surface area contributed by atoms with Gasteiger partial charge in [-0.15, -0.1) is 0 Å². The number of rotatable bonds is 4. The van der Waals surface area contributed by atoms with Crippen LogP contribution in [0.2, 0.25) is 13.1 Å². The minimum atomic E-state index is -2.60. The quantitative estimate of drug-likeness (QED) is 0.786. The Bertz CT molecular complexity index is 541. The molecular formula is C16H18O2Si. The van der Waals surface area contributed by atoms with Gasteiger partial charge in [0.25, 0.3) is 0 Å². The van der Waals surface area contributed by atoms with Gasteiger partial charge in [-0.3, -0.25) is 4.79 Å². The maximum absolute atomic E-state index is 12.6. The molecule has 1 aliphatic rings. The van der Waals surface area contributed by atoms with E-state index in [1.165, 1.54) is 0 Å². The second-order valence-electron chi connectivity index (χ2n) is 5.34. The highest BCUT2D eigenvalue weighted by Gasteiger charge is 2.42. The van der Waals surface area contributed by atoms with E-state index in [4.69, 9.17) is 0 Å². The van der Waals surface area contributed by atoms with Crippen LogP contribution in [0.4, 0.5) is 0 Å². The Morgan fingerprint density at radius 2 is 1.79 bits per heavy atom. The van der Waals surface area contributed by atoms with E-state index in [0.29, 0.717) is 12.0 Å². The molecule has 1 atom stereocenters. The highest BCUT2D eigenvalue weighted by Crippen LogP contribution is 2.22. The predicted octanol–water partition coefficient (Wildman–Crippen LogP) is 3.36. The lowest BCUT2D eigenvalue weighted by atomic mass is 10.0. The van der Waals surface area contributed by atoms with Crippen LogP contribution in [-0.2, 0) is 4.79 Å². The molecule has 1 aromatic carbocycles. The van der Waals surface area contributed by atoms with E-state index in [2.05, 4.69) is 0 Å². The van der Waals surface area contributed by atoms with E-state index >= 15 is 0 Å². The summed E-state index contributed by atoms with van der Waals surface area (Å²) in [6.45, 7) is 3.72. The molecule has 1 aliphatic carbocycles. The zero-order chi connectivity index (χ0) is 13.9. The van der Waals surface area contributed by atoms with Crippen LogP contribution in [0, 0.1) is 5.92 Å². The fourth-order valence-electron chi connectivity index (χ4n) is 2.30. The van der Waals surface area contributed by atoms with Crippen molar-refractivity contribution >= 4 is 18.9 Å². The first-order chi connectivity index (χ1) is 9.03. The molecule has 0 heterocycles. The normalized spacial score (nSPS) is 18.3. The van der Waals surface area contributed by atoms with Crippen molar-refractivity contribution in [1.29, 1.82) is 0 Å².